The smallest absolute Gasteiger partial charge is 0.0468 e. The van der Waals surface area contributed by atoms with Crippen molar-refractivity contribution in [3.8, 4) is 11.8 Å². The van der Waals surface area contributed by atoms with Gasteiger partial charge in [0.25, 0.3) is 0 Å². The highest BCUT2D eigenvalue weighted by molar-refractivity contribution is 5.02. The molecular weight excluding hydrogens is 136 g/mol. The zero-order valence-corrected chi connectivity index (χ0v) is 7.35. The molecule has 1 N–H and O–H groups in total. The molecule has 0 aliphatic carbocycles. The molecule has 0 aliphatic rings. The highest BCUT2D eigenvalue weighted by atomic mass is 16.2. The minimum atomic E-state index is 0.252. The lowest BCUT2D eigenvalue weighted by Crippen LogP contribution is -1.83. The molecule has 0 saturated heterocycles. The van der Waals surface area contributed by atoms with Crippen LogP contribution >= 0.6 is 0 Å². The second kappa shape index (κ2) is 7.37. The second-order valence-electron chi connectivity index (χ2n) is 2.49. The van der Waals surface area contributed by atoms with Crippen molar-refractivity contribution < 1.29 is 5.11 Å². The van der Waals surface area contributed by atoms with Crippen LogP contribution in [0.15, 0.2) is 11.6 Å². The van der Waals surface area contributed by atoms with Crippen LogP contribution in [0, 0.1) is 11.8 Å². The third kappa shape index (κ3) is 7.15. The van der Waals surface area contributed by atoms with Gasteiger partial charge in [0.15, 0.2) is 0 Å². The molecule has 0 heterocycles. The standard InChI is InChI=1S/C10H16O/c1-3-4-5-6-7-10(2)8-9-11/h7,11H,5-6,8-9H2,1-2H3. The Kier molecular flexibility index (Phi) is 6.87. The van der Waals surface area contributed by atoms with Crippen molar-refractivity contribution in [1.29, 1.82) is 0 Å². The fourth-order valence-electron chi connectivity index (χ4n) is 0.794. The zero-order chi connectivity index (χ0) is 8.53. The lowest BCUT2D eigenvalue weighted by Gasteiger charge is -1.94. The Morgan fingerprint density at radius 1 is 1.55 bits per heavy atom. The summed E-state index contributed by atoms with van der Waals surface area (Å²) in [5.74, 6) is 5.83. The zero-order valence-electron chi connectivity index (χ0n) is 7.35. The van der Waals surface area contributed by atoms with Crippen LogP contribution < -0.4 is 0 Å². The average Bonchev–Trinajstić information content (AvgIpc) is 1.99. The van der Waals surface area contributed by atoms with E-state index in [0.29, 0.717) is 0 Å². The highest BCUT2D eigenvalue weighted by Crippen LogP contribution is 2.01. The van der Waals surface area contributed by atoms with Gasteiger partial charge in [-0.2, -0.15) is 0 Å². The quantitative estimate of drug-likeness (QED) is 0.371. The van der Waals surface area contributed by atoms with Gasteiger partial charge in [0, 0.05) is 13.0 Å². The van der Waals surface area contributed by atoms with Gasteiger partial charge in [-0.15, -0.1) is 11.8 Å². The molecule has 0 aromatic carbocycles. The first-order valence-electron chi connectivity index (χ1n) is 3.97. The first-order chi connectivity index (χ1) is 5.31. The van der Waals surface area contributed by atoms with Gasteiger partial charge in [-0.3, -0.25) is 0 Å². The van der Waals surface area contributed by atoms with Crippen LogP contribution in [0.3, 0.4) is 0 Å². The van der Waals surface area contributed by atoms with Crippen LogP contribution in [0.1, 0.15) is 33.1 Å². The van der Waals surface area contributed by atoms with Crippen LogP contribution in [-0.4, -0.2) is 11.7 Å². The van der Waals surface area contributed by atoms with Crippen LogP contribution in [-0.2, 0) is 0 Å². The van der Waals surface area contributed by atoms with E-state index in [0.717, 1.165) is 19.3 Å². The average molecular weight is 152 g/mol. The fraction of sp³-hybridized carbons (Fsp3) is 0.600. The first kappa shape index (κ1) is 10.3. The summed E-state index contributed by atoms with van der Waals surface area (Å²) in [4.78, 5) is 0. The summed E-state index contributed by atoms with van der Waals surface area (Å²) >= 11 is 0. The molecule has 0 radical (unpaired) electrons. The molecule has 0 bridgehead atoms. The van der Waals surface area contributed by atoms with Gasteiger partial charge in [-0.1, -0.05) is 11.6 Å². The van der Waals surface area contributed by atoms with Crippen LogP contribution in [0.25, 0.3) is 0 Å². The largest absolute Gasteiger partial charge is 0.396 e. The number of rotatable bonds is 4. The van der Waals surface area contributed by atoms with E-state index >= 15 is 0 Å². The van der Waals surface area contributed by atoms with Crippen molar-refractivity contribution in [3.63, 3.8) is 0 Å². The number of hydrogen-bond donors (Lipinski definition) is 1. The van der Waals surface area contributed by atoms with Gasteiger partial charge in [-0.05, 0) is 26.7 Å². The van der Waals surface area contributed by atoms with E-state index in [9.17, 15) is 0 Å². The van der Waals surface area contributed by atoms with E-state index in [2.05, 4.69) is 17.9 Å². The molecule has 0 atom stereocenters. The molecule has 0 aromatic heterocycles. The van der Waals surface area contributed by atoms with E-state index in [1.54, 1.807) is 0 Å². The SMILES string of the molecule is CC#CCCC=C(C)CCO. The predicted octanol–water partition coefficient (Wildman–Crippen LogP) is 2.12. The van der Waals surface area contributed by atoms with E-state index in [-0.39, 0.29) is 6.61 Å². The van der Waals surface area contributed by atoms with Gasteiger partial charge in [-0.25, -0.2) is 0 Å². The maximum absolute atomic E-state index is 8.57. The van der Waals surface area contributed by atoms with Gasteiger partial charge in [0.2, 0.25) is 0 Å². The maximum atomic E-state index is 8.57. The topological polar surface area (TPSA) is 20.2 Å². The molecule has 0 fully saturated rings. The van der Waals surface area contributed by atoms with Gasteiger partial charge in [0.1, 0.15) is 0 Å². The number of unbranched alkanes of at least 4 members (excludes halogenated alkanes) is 1. The Morgan fingerprint density at radius 2 is 2.27 bits per heavy atom. The van der Waals surface area contributed by atoms with Crippen molar-refractivity contribution in [2.45, 2.75) is 33.1 Å². The first-order valence-corrected chi connectivity index (χ1v) is 3.97. The lowest BCUT2D eigenvalue weighted by molar-refractivity contribution is 0.299. The summed E-state index contributed by atoms with van der Waals surface area (Å²) in [5, 5.41) is 8.57. The fourth-order valence-corrected chi connectivity index (χ4v) is 0.794. The van der Waals surface area contributed by atoms with Crippen molar-refractivity contribution in [3.05, 3.63) is 11.6 Å². The van der Waals surface area contributed by atoms with Crippen molar-refractivity contribution in [2.75, 3.05) is 6.61 Å². The molecule has 0 aliphatic heterocycles. The maximum Gasteiger partial charge on any atom is 0.0468 e. The highest BCUT2D eigenvalue weighted by Gasteiger charge is 1.85. The normalized spacial score (nSPS) is 10.6. The molecule has 62 valence electrons. The number of aliphatic hydroxyl groups is 1. The summed E-state index contributed by atoms with van der Waals surface area (Å²) in [6.07, 6.45) is 4.87. The summed E-state index contributed by atoms with van der Waals surface area (Å²) in [6.45, 7) is 4.14. The molecule has 0 aromatic rings. The van der Waals surface area contributed by atoms with E-state index in [1.807, 2.05) is 13.8 Å². The molecule has 1 heteroatoms. The minimum absolute atomic E-state index is 0.252. The number of aliphatic hydroxyl groups excluding tert-OH is 1. The Bertz CT molecular complexity index is 169. The minimum Gasteiger partial charge on any atom is -0.396 e. The second-order valence-corrected chi connectivity index (χ2v) is 2.49. The van der Waals surface area contributed by atoms with Crippen LogP contribution in [0.2, 0.25) is 0 Å². The lowest BCUT2D eigenvalue weighted by atomic mass is 10.1. The molecule has 1 nitrogen and oxygen atoms in total. The van der Waals surface area contributed by atoms with E-state index in [1.165, 1.54) is 5.57 Å². The van der Waals surface area contributed by atoms with Crippen LogP contribution in [0.4, 0.5) is 0 Å². The number of allylic oxidation sites excluding steroid dienone is 1. The van der Waals surface area contributed by atoms with Gasteiger partial charge >= 0.3 is 0 Å². The summed E-state index contributed by atoms with van der Waals surface area (Å²) < 4.78 is 0. The molecule has 0 amide bonds. The molecule has 0 rings (SSSR count). The predicted molar refractivity (Wildman–Crippen MR) is 48.1 cm³/mol. The third-order valence-corrected chi connectivity index (χ3v) is 1.45. The monoisotopic (exact) mass is 152 g/mol. The molecule has 11 heavy (non-hydrogen) atoms. The van der Waals surface area contributed by atoms with Gasteiger partial charge in [0.05, 0.1) is 0 Å². The van der Waals surface area contributed by atoms with Crippen molar-refractivity contribution in [2.24, 2.45) is 0 Å². The third-order valence-electron chi connectivity index (χ3n) is 1.45. The van der Waals surface area contributed by atoms with Gasteiger partial charge < -0.3 is 5.11 Å². The number of hydrogen-bond acceptors (Lipinski definition) is 1. The summed E-state index contributed by atoms with van der Waals surface area (Å²) in [5.41, 5.74) is 1.26. The summed E-state index contributed by atoms with van der Waals surface area (Å²) in [6, 6.07) is 0. The molecule has 0 spiro atoms. The molecule has 0 unspecified atom stereocenters. The Hall–Kier alpha value is -0.740. The van der Waals surface area contributed by atoms with E-state index in [4.69, 9.17) is 5.11 Å². The summed E-state index contributed by atoms with van der Waals surface area (Å²) in [7, 11) is 0. The van der Waals surface area contributed by atoms with Crippen molar-refractivity contribution in [1.82, 2.24) is 0 Å². The molecule has 0 saturated carbocycles. The molecular formula is C10H16O. The Morgan fingerprint density at radius 3 is 2.82 bits per heavy atom. The Balaban J connectivity index is 3.44. The van der Waals surface area contributed by atoms with Crippen molar-refractivity contribution >= 4 is 0 Å². The Labute approximate surface area is 69.1 Å². The van der Waals surface area contributed by atoms with E-state index < -0.39 is 0 Å². The van der Waals surface area contributed by atoms with Crippen LogP contribution in [0.5, 0.6) is 0 Å².